The lowest BCUT2D eigenvalue weighted by Crippen LogP contribution is -2.42. The maximum atomic E-state index is 12.3. The van der Waals surface area contributed by atoms with Crippen molar-refractivity contribution in [1.29, 1.82) is 0 Å². The molecule has 0 radical (unpaired) electrons. The third-order valence-electron chi connectivity index (χ3n) is 3.82. The predicted octanol–water partition coefficient (Wildman–Crippen LogP) is 2.59. The van der Waals surface area contributed by atoms with Crippen LogP contribution < -0.4 is 14.8 Å². The Morgan fingerprint density at radius 2 is 1.72 bits per heavy atom. The highest BCUT2D eigenvalue weighted by atomic mass is 35.5. The van der Waals surface area contributed by atoms with Crippen LogP contribution in [-0.4, -0.2) is 39.5 Å². The summed E-state index contributed by atoms with van der Waals surface area (Å²) in [5, 5.41) is 2.94. The summed E-state index contributed by atoms with van der Waals surface area (Å²) in [6, 6.07) is 11.1. The van der Waals surface area contributed by atoms with E-state index in [1.165, 1.54) is 39.2 Å². The smallest absolute Gasteiger partial charge is 0.324 e. The van der Waals surface area contributed by atoms with Crippen LogP contribution in [0.1, 0.15) is 13.8 Å². The van der Waals surface area contributed by atoms with Crippen LogP contribution in [0.5, 0.6) is 5.75 Å². The highest BCUT2D eigenvalue weighted by molar-refractivity contribution is 7.89. The summed E-state index contributed by atoms with van der Waals surface area (Å²) in [7, 11) is -2.47. The Labute approximate surface area is 174 Å². The number of methoxy groups -OCH3 is 1. The third kappa shape index (κ3) is 6.18. The van der Waals surface area contributed by atoms with Gasteiger partial charge < -0.3 is 14.8 Å². The molecule has 10 heteroatoms. The molecule has 1 amide bonds. The largest absolute Gasteiger partial charge is 0.495 e. The minimum atomic E-state index is -3.91. The molecule has 2 rings (SSSR count). The highest BCUT2D eigenvalue weighted by Crippen LogP contribution is 2.27. The molecule has 0 bridgehead atoms. The Bertz CT molecular complexity index is 981. The third-order valence-corrected chi connectivity index (χ3v) is 5.61. The van der Waals surface area contributed by atoms with Crippen LogP contribution in [-0.2, 0) is 24.3 Å². The summed E-state index contributed by atoms with van der Waals surface area (Å²) in [6.45, 7) is 2.69. The van der Waals surface area contributed by atoms with Crippen molar-refractivity contribution in [3.05, 3.63) is 53.6 Å². The summed E-state index contributed by atoms with van der Waals surface area (Å²) in [4.78, 5) is 24.6. The molecular weight excluding hydrogens is 420 g/mol. The van der Waals surface area contributed by atoms with E-state index in [1.54, 1.807) is 30.3 Å². The topological polar surface area (TPSA) is 111 Å². The lowest BCUT2D eigenvalue weighted by molar-refractivity contribution is -0.154. The second-order valence-electron chi connectivity index (χ2n) is 6.07. The van der Waals surface area contributed by atoms with E-state index < -0.39 is 34.0 Å². The first kappa shape index (κ1) is 22.7. The van der Waals surface area contributed by atoms with Crippen molar-refractivity contribution in [2.45, 2.75) is 30.9 Å². The number of esters is 1. The van der Waals surface area contributed by atoms with Gasteiger partial charge >= 0.3 is 5.97 Å². The predicted molar refractivity (Wildman–Crippen MR) is 108 cm³/mol. The van der Waals surface area contributed by atoms with Gasteiger partial charge in [0, 0.05) is 5.02 Å². The normalized spacial score (nSPS) is 13.2. The van der Waals surface area contributed by atoms with E-state index in [4.69, 9.17) is 21.1 Å². The Morgan fingerprint density at radius 1 is 1.07 bits per heavy atom. The van der Waals surface area contributed by atoms with E-state index in [0.29, 0.717) is 16.5 Å². The Balaban J connectivity index is 1.99. The summed E-state index contributed by atoms with van der Waals surface area (Å²) < 4.78 is 37.0. The number of anilines is 1. The summed E-state index contributed by atoms with van der Waals surface area (Å²) >= 11 is 5.92. The van der Waals surface area contributed by atoms with E-state index in [1.807, 2.05) is 0 Å². The van der Waals surface area contributed by atoms with Gasteiger partial charge in [-0.25, -0.2) is 8.42 Å². The number of benzene rings is 2. The van der Waals surface area contributed by atoms with Crippen molar-refractivity contribution in [1.82, 2.24) is 4.72 Å². The summed E-state index contributed by atoms with van der Waals surface area (Å²) in [5.41, 5.74) is 0.311. The zero-order chi connectivity index (χ0) is 21.6. The molecule has 29 heavy (non-hydrogen) atoms. The highest BCUT2D eigenvalue weighted by Gasteiger charge is 2.26. The van der Waals surface area contributed by atoms with Crippen molar-refractivity contribution < 1.29 is 27.5 Å². The van der Waals surface area contributed by atoms with Gasteiger partial charge in [0.1, 0.15) is 11.8 Å². The van der Waals surface area contributed by atoms with Crippen LogP contribution in [0, 0.1) is 0 Å². The fourth-order valence-corrected chi connectivity index (χ4v) is 3.68. The number of carbonyl (C=O) groups excluding carboxylic acids is 2. The van der Waals surface area contributed by atoms with Crippen LogP contribution >= 0.6 is 11.6 Å². The number of amides is 1. The number of ether oxygens (including phenoxy) is 2. The van der Waals surface area contributed by atoms with Gasteiger partial charge in [0.15, 0.2) is 6.10 Å². The van der Waals surface area contributed by atoms with Crippen LogP contribution in [0.4, 0.5) is 5.69 Å². The number of nitrogens with one attached hydrogen (secondary N) is 2. The number of hydrogen-bond donors (Lipinski definition) is 2. The first-order chi connectivity index (χ1) is 13.6. The Hall–Kier alpha value is -2.62. The van der Waals surface area contributed by atoms with Crippen LogP contribution in [0.3, 0.4) is 0 Å². The summed E-state index contributed by atoms with van der Waals surface area (Å²) in [5.74, 6) is -1.15. The number of halogens is 1. The average molecular weight is 441 g/mol. The first-order valence-corrected chi connectivity index (χ1v) is 10.4. The fourth-order valence-electron chi connectivity index (χ4n) is 2.29. The quantitative estimate of drug-likeness (QED) is 0.610. The average Bonchev–Trinajstić information content (AvgIpc) is 2.68. The molecule has 2 N–H and O–H groups in total. The van der Waals surface area contributed by atoms with Gasteiger partial charge in [-0.3, -0.25) is 9.59 Å². The molecular formula is C19H21ClN2O6S. The first-order valence-electron chi connectivity index (χ1n) is 8.56. The molecule has 2 unspecified atom stereocenters. The standard InChI is InChI=1S/C19H21ClN2O6S/c1-12(22-29(25,26)15-7-5-4-6-8-15)19(24)28-13(2)18(23)21-16-11-14(20)9-10-17(16)27-3/h4-13,22H,1-3H3,(H,21,23). The van der Waals surface area contributed by atoms with E-state index in [0.717, 1.165) is 0 Å². The molecule has 2 aromatic carbocycles. The number of rotatable bonds is 8. The maximum absolute atomic E-state index is 12.3. The molecule has 0 aliphatic carbocycles. The fraction of sp³-hybridized carbons (Fsp3) is 0.263. The zero-order valence-corrected chi connectivity index (χ0v) is 17.6. The molecule has 2 atom stereocenters. The molecule has 0 aromatic heterocycles. The zero-order valence-electron chi connectivity index (χ0n) is 16.0. The molecule has 0 aliphatic rings. The van der Waals surface area contributed by atoms with Crippen molar-refractivity contribution in [2.75, 3.05) is 12.4 Å². The van der Waals surface area contributed by atoms with Crippen molar-refractivity contribution >= 4 is 39.2 Å². The van der Waals surface area contributed by atoms with Crippen LogP contribution in [0.2, 0.25) is 5.02 Å². The molecule has 0 fully saturated rings. The second kappa shape index (κ2) is 9.73. The maximum Gasteiger partial charge on any atom is 0.324 e. The van der Waals surface area contributed by atoms with Gasteiger partial charge in [-0.05, 0) is 44.2 Å². The van der Waals surface area contributed by atoms with Gasteiger partial charge in [0.05, 0.1) is 17.7 Å². The SMILES string of the molecule is COc1ccc(Cl)cc1NC(=O)C(C)OC(=O)C(C)NS(=O)(=O)c1ccccc1. The monoisotopic (exact) mass is 440 g/mol. The van der Waals surface area contributed by atoms with Crippen LogP contribution in [0.25, 0.3) is 0 Å². The van der Waals surface area contributed by atoms with E-state index in [2.05, 4.69) is 10.0 Å². The number of hydrogen-bond acceptors (Lipinski definition) is 6. The second-order valence-corrected chi connectivity index (χ2v) is 8.22. The van der Waals surface area contributed by atoms with Crippen molar-refractivity contribution in [2.24, 2.45) is 0 Å². The van der Waals surface area contributed by atoms with Gasteiger partial charge in [-0.2, -0.15) is 4.72 Å². The molecule has 0 spiro atoms. The molecule has 0 heterocycles. The molecule has 0 aliphatic heterocycles. The van der Waals surface area contributed by atoms with E-state index in [-0.39, 0.29) is 4.90 Å². The lowest BCUT2D eigenvalue weighted by atomic mass is 10.2. The lowest BCUT2D eigenvalue weighted by Gasteiger charge is -2.18. The van der Waals surface area contributed by atoms with E-state index in [9.17, 15) is 18.0 Å². The molecule has 8 nitrogen and oxygen atoms in total. The van der Waals surface area contributed by atoms with Crippen molar-refractivity contribution in [3.8, 4) is 5.75 Å². The van der Waals surface area contributed by atoms with Crippen LogP contribution in [0.15, 0.2) is 53.4 Å². The minimum absolute atomic E-state index is 0.0125. The summed E-state index contributed by atoms with van der Waals surface area (Å²) in [6.07, 6.45) is -1.19. The van der Waals surface area contributed by atoms with Gasteiger partial charge in [-0.1, -0.05) is 29.8 Å². The minimum Gasteiger partial charge on any atom is -0.495 e. The van der Waals surface area contributed by atoms with Gasteiger partial charge in [0.2, 0.25) is 10.0 Å². The molecule has 0 saturated carbocycles. The Morgan fingerprint density at radius 3 is 2.34 bits per heavy atom. The number of sulfonamides is 1. The molecule has 0 saturated heterocycles. The molecule has 156 valence electrons. The Kier molecular flexibility index (Phi) is 7.60. The van der Waals surface area contributed by atoms with Gasteiger partial charge in [0.25, 0.3) is 5.91 Å². The van der Waals surface area contributed by atoms with E-state index >= 15 is 0 Å². The molecule has 2 aromatic rings. The van der Waals surface area contributed by atoms with Gasteiger partial charge in [-0.15, -0.1) is 0 Å². The number of carbonyl (C=O) groups is 2. The van der Waals surface area contributed by atoms with Crippen molar-refractivity contribution in [3.63, 3.8) is 0 Å².